The quantitative estimate of drug-likeness (QED) is 0.565. The second-order valence-electron chi connectivity index (χ2n) is 6.10. The van der Waals surface area contributed by atoms with Gasteiger partial charge in [0.05, 0.1) is 11.6 Å². The molecule has 2 aromatic carbocycles. The van der Waals surface area contributed by atoms with Crippen LogP contribution in [-0.4, -0.2) is 21.3 Å². The van der Waals surface area contributed by atoms with Crippen LogP contribution in [0.25, 0.3) is 32.7 Å². The number of aromatic amines is 1. The summed E-state index contributed by atoms with van der Waals surface area (Å²) in [5.74, 6) is 0. The highest BCUT2D eigenvalue weighted by Crippen LogP contribution is 2.34. The van der Waals surface area contributed by atoms with Gasteiger partial charge in [0.15, 0.2) is 0 Å². The number of nitrogens with zero attached hydrogens (tertiary/aromatic N) is 2. The van der Waals surface area contributed by atoms with E-state index in [9.17, 15) is 9.18 Å². The van der Waals surface area contributed by atoms with Crippen LogP contribution in [0.1, 0.15) is 11.7 Å². The lowest BCUT2D eigenvalue weighted by Crippen LogP contribution is -2.10. The Kier molecular flexibility index (Phi) is 3.62. The first-order valence-corrected chi connectivity index (χ1v) is 7.99. The fraction of sp³-hybridized carbons (Fsp3) is 0.158. The molecule has 5 nitrogen and oxygen atoms in total. The van der Waals surface area contributed by atoms with E-state index < -0.39 is 6.17 Å². The van der Waals surface area contributed by atoms with Crippen LogP contribution >= 0.6 is 0 Å². The molecule has 126 valence electrons. The zero-order valence-electron chi connectivity index (χ0n) is 13.7. The molecule has 4 rings (SSSR count). The summed E-state index contributed by atoms with van der Waals surface area (Å²) in [6.07, 6.45) is 3.95. The van der Waals surface area contributed by atoms with Gasteiger partial charge >= 0.3 is 0 Å². The van der Waals surface area contributed by atoms with Crippen LogP contribution in [0.4, 0.5) is 4.39 Å². The van der Waals surface area contributed by atoms with Crippen molar-refractivity contribution in [3.63, 3.8) is 0 Å². The molecule has 0 saturated carbocycles. The lowest BCUT2D eigenvalue weighted by Gasteiger charge is -2.13. The molecule has 1 atom stereocenters. The van der Waals surface area contributed by atoms with Gasteiger partial charge < -0.3 is 10.7 Å². The van der Waals surface area contributed by atoms with Gasteiger partial charge in [-0.15, -0.1) is 0 Å². The number of nitrogens with one attached hydrogen (secondary N) is 1. The van der Waals surface area contributed by atoms with Gasteiger partial charge in [0, 0.05) is 31.5 Å². The predicted octanol–water partition coefficient (Wildman–Crippen LogP) is 3.05. The molecule has 0 radical (unpaired) electrons. The third-order valence-electron chi connectivity index (χ3n) is 4.49. The molecule has 25 heavy (non-hydrogen) atoms. The second kappa shape index (κ2) is 5.82. The van der Waals surface area contributed by atoms with Gasteiger partial charge in [-0.3, -0.25) is 9.48 Å². The topological polar surface area (TPSA) is 76.7 Å². The minimum Gasteiger partial charge on any atom is -0.329 e. The maximum atomic E-state index is 14.4. The molecule has 0 fully saturated rings. The third kappa shape index (κ3) is 2.51. The van der Waals surface area contributed by atoms with Crippen LogP contribution in [0.15, 0.2) is 53.7 Å². The molecule has 6 heteroatoms. The van der Waals surface area contributed by atoms with E-state index in [1.54, 1.807) is 29.2 Å². The Hall–Kier alpha value is -2.99. The number of pyridine rings is 1. The SMILES string of the molecule is Cn1cc(-c2ccc3c(C(F)CN)cc4cc[nH]c(=O)c4c3c2)cn1. The molecule has 0 bridgehead atoms. The molecule has 0 amide bonds. The molecule has 0 aliphatic carbocycles. The summed E-state index contributed by atoms with van der Waals surface area (Å²) in [6.45, 7) is -0.103. The van der Waals surface area contributed by atoms with Gasteiger partial charge in [-0.1, -0.05) is 12.1 Å². The van der Waals surface area contributed by atoms with E-state index in [0.717, 1.165) is 11.1 Å². The number of rotatable bonds is 3. The summed E-state index contributed by atoms with van der Waals surface area (Å²) < 4.78 is 16.1. The summed E-state index contributed by atoms with van der Waals surface area (Å²) in [6, 6.07) is 9.17. The molecule has 0 saturated heterocycles. The first-order chi connectivity index (χ1) is 12.1. The number of hydrogen-bond acceptors (Lipinski definition) is 3. The monoisotopic (exact) mass is 336 g/mol. The molecule has 0 spiro atoms. The van der Waals surface area contributed by atoms with E-state index in [0.29, 0.717) is 27.1 Å². The van der Waals surface area contributed by atoms with Crippen molar-refractivity contribution in [2.45, 2.75) is 6.17 Å². The fourth-order valence-electron chi connectivity index (χ4n) is 3.28. The van der Waals surface area contributed by atoms with Crippen LogP contribution < -0.4 is 11.3 Å². The predicted molar refractivity (Wildman–Crippen MR) is 97.2 cm³/mol. The number of alkyl halides is 1. The molecule has 2 aromatic heterocycles. The van der Waals surface area contributed by atoms with E-state index in [1.165, 1.54) is 0 Å². The van der Waals surface area contributed by atoms with E-state index in [1.807, 2.05) is 31.4 Å². The van der Waals surface area contributed by atoms with Crippen LogP contribution in [-0.2, 0) is 7.05 Å². The first kappa shape index (κ1) is 15.5. The standard InChI is InChI=1S/C19H17FN4O/c1-24-10-13(9-23-24)11-2-3-14-15(17(20)8-21)7-12-4-5-22-19(25)18(12)16(14)6-11/h2-7,9-10,17H,8,21H2,1H3,(H,22,25). The van der Waals surface area contributed by atoms with Gasteiger partial charge in [-0.2, -0.15) is 5.10 Å². The zero-order valence-corrected chi connectivity index (χ0v) is 13.7. The Morgan fingerprint density at radius 2 is 2.08 bits per heavy atom. The van der Waals surface area contributed by atoms with E-state index in [-0.39, 0.29) is 12.1 Å². The van der Waals surface area contributed by atoms with Gasteiger partial charge in [0.25, 0.3) is 5.56 Å². The Labute approximate surface area is 142 Å². The number of fused-ring (bicyclic) bond motifs is 3. The smallest absolute Gasteiger partial charge is 0.256 e. The van der Waals surface area contributed by atoms with Crippen LogP contribution in [0.2, 0.25) is 0 Å². The van der Waals surface area contributed by atoms with Crippen molar-refractivity contribution in [1.29, 1.82) is 0 Å². The molecule has 0 aliphatic heterocycles. The van der Waals surface area contributed by atoms with Gasteiger partial charge in [0.1, 0.15) is 6.17 Å². The molecule has 3 N–H and O–H groups in total. The fourth-order valence-corrected chi connectivity index (χ4v) is 3.28. The van der Waals surface area contributed by atoms with E-state index >= 15 is 0 Å². The minimum absolute atomic E-state index is 0.103. The lowest BCUT2D eigenvalue weighted by atomic mass is 9.93. The number of aryl methyl sites for hydroxylation is 1. The Bertz CT molecular complexity index is 1150. The summed E-state index contributed by atoms with van der Waals surface area (Å²) in [5, 5.41) is 6.85. The highest BCUT2D eigenvalue weighted by molar-refractivity contribution is 6.09. The molecule has 0 aliphatic rings. The number of halogens is 1. The highest BCUT2D eigenvalue weighted by Gasteiger charge is 2.16. The summed E-state index contributed by atoms with van der Waals surface area (Å²) >= 11 is 0. The first-order valence-electron chi connectivity index (χ1n) is 7.99. The maximum Gasteiger partial charge on any atom is 0.256 e. The molecule has 4 aromatic rings. The average molecular weight is 336 g/mol. The second-order valence-corrected chi connectivity index (χ2v) is 6.10. The van der Waals surface area contributed by atoms with Crippen molar-refractivity contribution in [3.8, 4) is 11.1 Å². The third-order valence-corrected chi connectivity index (χ3v) is 4.49. The Morgan fingerprint density at radius 3 is 2.80 bits per heavy atom. The summed E-state index contributed by atoms with van der Waals surface area (Å²) in [7, 11) is 1.84. The maximum absolute atomic E-state index is 14.4. The van der Waals surface area contributed by atoms with E-state index in [4.69, 9.17) is 5.73 Å². The van der Waals surface area contributed by atoms with Gasteiger partial charge in [0.2, 0.25) is 0 Å². The number of H-pyrrole nitrogens is 1. The van der Waals surface area contributed by atoms with Crippen LogP contribution in [0.3, 0.4) is 0 Å². The number of nitrogens with two attached hydrogens (primary N) is 1. The van der Waals surface area contributed by atoms with Gasteiger partial charge in [-0.25, -0.2) is 4.39 Å². The Balaban J connectivity index is 2.11. The zero-order chi connectivity index (χ0) is 17.6. The normalized spacial score (nSPS) is 12.8. The highest BCUT2D eigenvalue weighted by atomic mass is 19.1. The van der Waals surface area contributed by atoms with Crippen molar-refractivity contribution in [3.05, 3.63) is 64.8 Å². The average Bonchev–Trinajstić information content (AvgIpc) is 3.06. The number of benzene rings is 2. The van der Waals surface area contributed by atoms with Crippen LogP contribution in [0.5, 0.6) is 0 Å². The molecule has 1 unspecified atom stereocenters. The van der Waals surface area contributed by atoms with Crippen molar-refractivity contribution in [1.82, 2.24) is 14.8 Å². The van der Waals surface area contributed by atoms with Crippen LogP contribution in [0, 0.1) is 0 Å². The van der Waals surface area contributed by atoms with Crippen molar-refractivity contribution >= 4 is 21.5 Å². The molecular weight excluding hydrogens is 319 g/mol. The Morgan fingerprint density at radius 1 is 1.24 bits per heavy atom. The lowest BCUT2D eigenvalue weighted by molar-refractivity contribution is 0.355. The summed E-state index contributed by atoms with van der Waals surface area (Å²) in [4.78, 5) is 15.1. The summed E-state index contributed by atoms with van der Waals surface area (Å²) in [5.41, 5.74) is 7.71. The van der Waals surface area contributed by atoms with E-state index in [2.05, 4.69) is 10.1 Å². The molecule has 2 heterocycles. The number of aromatic nitrogens is 3. The van der Waals surface area contributed by atoms with Crippen molar-refractivity contribution in [2.75, 3.05) is 6.54 Å². The van der Waals surface area contributed by atoms with Crippen molar-refractivity contribution in [2.24, 2.45) is 12.8 Å². The largest absolute Gasteiger partial charge is 0.329 e. The molecular formula is C19H17FN4O. The van der Waals surface area contributed by atoms with Gasteiger partial charge in [-0.05, 0) is 45.5 Å². The van der Waals surface area contributed by atoms with Crippen molar-refractivity contribution < 1.29 is 4.39 Å². The number of hydrogen-bond donors (Lipinski definition) is 2. The minimum atomic E-state index is -1.28.